The number of benzene rings is 1. The Kier molecular flexibility index (Phi) is 5.97. The minimum absolute atomic E-state index is 0.0664. The number of carbonyl (C=O) groups is 4. The van der Waals surface area contributed by atoms with Crippen LogP contribution in [-0.2, 0) is 27.3 Å². The van der Waals surface area contributed by atoms with Crippen molar-refractivity contribution in [3.05, 3.63) is 51.8 Å². The number of nitrogens with zero attached hydrogens (tertiary/aromatic N) is 4. The molecule has 3 atom stereocenters. The summed E-state index contributed by atoms with van der Waals surface area (Å²) < 4.78 is 11.5. The molecule has 3 N–H and O–H groups in total. The minimum atomic E-state index is -1.75. The third-order valence-corrected chi connectivity index (χ3v) is 7.88. The number of rotatable bonds is 3. The van der Waals surface area contributed by atoms with E-state index in [4.69, 9.17) is 26.1 Å². The quantitative estimate of drug-likeness (QED) is 0.396. The van der Waals surface area contributed by atoms with Crippen LogP contribution in [0, 0.1) is 16.7 Å². The number of hydrogen-bond donors (Lipinski definition) is 3. The van der Waals surface area contributed by atoms with Crippen molar-refractivity contribution in [2.45, 2.75) is 45.1 Å². The second-order valence-corrected chi connectivity index (χ2v) is 10.4. The molecule has 0 aliphatic carbocycles. The van der Waals surface area contributed by atoms with Crippen LogP contribution in [0.1, 0.15) is 41.2 Å². The summed E-state index contributed by atoms with van der Waals surface area (Å²) in [5.74, 6) is -2.12. The van der Waals surface area contributed by atoms with Gasteiger partial charge in [0.1, 0.15) is 10.5 Å². The van der Waals surface area contributed by atoms with E-state index in [1.165, 1.54) is 0 Å². The van der Waals surface area contributed by atoms with Crippen LogP contribution in [0.3, 0.4) is 0 Å². The summed E-state index contributed by atoms with van der Waals surface area (Å²) in [6.07, 6.45) is -1.08. The zero-order chi connectivity index (χ0) is 28.3. The topological polar surface area (TPSA) is 180 Å². The number of morpholine rings is 1. The molecule has 3 aliphatic heterocycles. The Hall–Kier alpha value is -4.54. The van der Waals surface area contributed by atoms with Gasteiger partial charge in [0.05, 0.1) is 41.3 Å². The van der Waals surface area contributed by atoms with Crippen LogP contribution < -0.4 is 20.9 Å². The zero-order valence-corrected chi connectivity index (χ0v) is 22.0. The molecule has 13 nitrogen and oxygen atoms in total. The standard InChI is InChI=1S/C26H22ClN7O6/c1-11-10-34-19-15(7-26(21(34)12(2)39-11)23(36)31-25(38)32-24(26)37)30-17-18(33-40-20(17)16(19)27)22(35)29-9-14-5-3-13(8-28)4-6-14/h3-6,11-12,21H,7,9-10H2,1-2H3,(H,29,35)(H2,31,32,36,37,38)/t11-,12+,21-/m1/s1. The molecule has 2 saturated heterocycles. The van der Waals surface area contributed by atoms with Gasteiger partial charge in [-0.1, -0.05) is 28.9 Å². The monoisotopic (exact) mass is 563 g/mol. The molecule has 0 bridgehead atoms. The van der Waals surface area contributed by atoms with Gasteiger partial charge in [0.25, 0.3) is 5.91 Å². The SMILES string of the molecule is C[C@@H]1CN2c3c(nc4c(C(=O)NCc5ccc(C#N)cc5)noc4c3Cl)CC3(C(=O)NC(=O)NC3=O)[C@H]2[C@H](C)O1. The number of imide groups is 2. The van der Waals surface area contributed by atoms with Crippen molar-refractivity contribution < 1.29 is 28.4 Å². The van der Waals surface area contributed by atoms with Crippen LogP contribution in [0.25, 0.3) is 11.1 Å². The summed E-state index contributed by atoms with van der Waals surface area (Å²) in [5.41, 5.74) is 0.255. The number of nitrogens with one attached hydrogen (secondary N) is 3. The molecule has 1 spiro atoms. The number of barbiturate groups is 1. The fourth-order valence-corrected chi connectivity index (χ4v) is 6.21. The van der Waals surface area contributed by atoms with Gasteiger partial charge in [0.15, 0.2) is 11.1 Å². The van der Waals surface area contributed by atoms with E-state index in [0.717, 1.165) is 5.56 Å². The van der Waals surface area contributed by atoms with Gasteiger partial charge < -0.3 is 19.5 Å². The van der Waals surface area contributed by atoms with Gasteiger partial charge >= 0.3 is 6.03 Å². The lowest BCUT2D eigenvalue weighted by atomic mass is 9.67. The van der Waals surface area contributed by atoms with E-state index in [1.807, 2.05) is 13.0 Å². The van der Waals surface area contributed by atoms with Gasteiger partial charge in [-0.3, -0.25) is 25.0 Å². The molecule has 6 rings (SSSR count). The van der Waals surface area contributed by atoms with Crippen LogP contribution in [0.5, 0.6) is 0 Å². The number of ether oxygens (including phenoxy) is 1. The van der Waals surface area contributed by atoms with E-state index in [2.05, 4.69) is 26.1 Å². The molecule has 5 amide bonds. The summed E-state index contributed by atoms with van der Waals surface area (Å²) in [6.45, 7) is 4.03. The second kappa shape index (κ2) is 9.29. The predicted octanol–water partition coefficient (Wildman–Crippen LogP) is 1.57. The van der Waals surface area contributed by atoms with Gasteiger partial charge in [0, 0.05) is 19.5 Å². The summed E-state index contributed by atoms with van der Waals surface area (Å²) in [7, 11) is 0. The predicted molar refractivity (Wildman–Crippen MR) is 138 cm³/mol. The van der Waals surface area contributed by atoms with E-state index < -0.39 is 41.3 Å². The molecule has 2 fully saturated rings. The second-order valence-electron chi connectivity index (χ2n) is 10.1. The molecule has 0 radical (unpaired) electrons. The molecule has 0 unspecified atom stereocenters. The van der Waals surface area contributed by atoms with Crippen molar-refractivity contribution in [3.63, 3.8) is 0 Å². The van der Waals surface area contributed by atoms with Crippen LogP contribution in [0.4, 0.5) is 10.5 Å². The van der Waals surface area contributed by atoms with Crippen LogP contribution >= 0.6 is 11.6 Å². The van der Waals surface area contributed by atoms with Gasteiger partial charge in [-0.15, -0.1) is 0 Å². The van der Waals surface area contributed by atoms with Crippen molar-refractivity contribution in [3.8, 4) is 6.07 Å². The number of amides is 5. The summed E-state index contributed by atoms with van der Waals surface area (Å²) >= 11 is 6.85. The maximum absolute atomic E-state index is 13.4. The number of urea groups is 1. The van der Waals surface area contributed by atoms with Crippen molar-refractivity contribution in [1.29, 1.82) is 5.26 Å². The van der Waals surface area contributed by atoms with Gasteiger partial charge in [-0.25, -0.2) is 9.78 Å². The number of fused-ring (bicyclic) bond motifs is 5. The van der Waals surface area contributed by atoms with Crippen molar-refractivity contribution >= 4 is 52.1 Å². The Morgan fingerprint density at radius 1 is 1.23 bits per heavy atom. The number of hydrogen-bond acceptors (Lipinski definition) is 10. The lowest BCUT2D eigenvalue weighted by molar-refractivity contribution is -0.153. The van der Waals surface area contributed by atoms with E-state index in [-0.39, 0.29) is 53.1 Å². The smallest absolute Gasteiger partial charge is 0.328 e. The van der Waals surface area contributed by atoms with E-state index >= 15 is 0 Å². The highest BCUT2D eigenvalue weighted by Crippen LogP contribution is 2.50. The number of aromatic nitrogens is 2. The number of nitriles is 1. The third kappa shape index (κ3) is 3.79. The molecule has 204 valence electrons. The Balaban J connectivity index is 1.42. The van der Waals surface area contributed by atoms with Gasteiger partial charge in [-0.2, -0.15) is 5.26 Å². The zero-order valence-electron chi connectivity index (χ0n) is 21.3. The highest BCUT2D eigenvalue weighted by atomic mass is 35.5. The van der Waals surface area contributed by atoms with E-state index in [9.17, 15) is 19.2 Å². The Morgan fingerprint density at radius 3 is 2.60 bits per heavy atom. The summed E-state index contributed by atoms with van der Waals surface area (Å²) in [5, 5.41) is 20.2. The Bertz CT molecular complexity index is 1630. The largest absolute Gasteiger partial charge is 0.372 e. The van der Waals surface area contributed by atoms with Gasteiger partial charge in [0.2, 0.25) is 17.4 Å². The summed E-state index contributed by atoms with van der Waals surface area (Å²) in [6, 6.07) is 7.04. The van der Waals surface area contributed by atoms with Crippen LogP contribution in [0.15, 0.2) is 28.8 Å². The molecular weight excluding hydrogens is 542 g/mol. The highest BCUT2D eigenvalue weighted by molar-refractivity contribution is 6.38. The molecular formula is C26H22ClN7O6. The normalized spacial score (nSPS) is 23.2. The molecule has 5 heterocycles. The van der Waals surface area contributed by atoms with Crippen LogP contribution in [-0.4, -0.2) is 58.7 Å². The first kappa shape index (κ1) is 25.7. The molecule has 1 aromatic carbocycles. The van der Waals surface area contributed by atoms with Crippen molar-refractivity contribution in [2.24, 2.45) is 5.41 Å². The average molecular weight is 564 g/mol. The molecule has 3 aliphatic rings. The van der Waals surface area contributed by atoms with E-state index in [1.54, 1.807) is 36.1 Å². The van der Waals surface area contributed by atoms with Gasteiger partial charge in [-0.05, 0) is 31.5 Å². The Labute approximate surface area is 231 Å². The third-order valence-electron chi connectivity index (χ3n) is 7.53. The minimum Gasteiger partial charge on any atom is -0.372 e. The molecule has 0 saturated carbocycles. The lowest BCUT2D eigenvalue weighted by Gasteiger charge is -2.55. The lowest BCUT2D eigenvalue weighted by Crippen LogP contribution is -2.75. The number of halogens is 1. The Morgan fingerprint density at radius 2 is 1.93 bits per heavy atom. The maximum Gasteiger partial charge on any atom is 0.328 e. The van der Waals surface area contributed by atoms with Crippen molar-refractivity contribution in [2.75, 3.05) is 11.4 Å². The molecule has 3 aromatic rings. The molecule has 2 aromatic heterocycles. The van der Waals surface area contributed by atoms with Crippen LogP contribution in [0.2, 0.25) is 5.02 Å². The van der Waals surface area contributed by atoms with E-state index in [0.29, 0.717) is 11.3 Å². The molecule has 14 heteroatoms. The number of carbonyl (C=O) groups excluding carboxylic acids is 4. The first-order valence-electron chi connectivity index (χ1n) is 12.5. The fraction of sp³-hybridized carbons (Fsp3) is 0.346. The number of anilines is 1. The average Bonchev–Trinajstić information content (AvgIpc) is 3.34. The summed E-state index contributed by atoms with van der Waals surface area (Å²) in [4.78, 5) is 58.2. The highest BCUT2D eigenvalue weighted by Gasteiger charge is 2.63. The maximum atomic E-state index is 13.4. The fourth-order valence-electron chi connectivity index (χ4n) is 5.87. The first-order valence-corrected chi connectivity index (χ1v) is 12.9. The first-order chi connectivity index (χ1) is 19.1. The molecule has 40 heavy (non-hydrogen) atoms. The number of pyridine rings is 1. The van der Waals surface area contributed by atoms with Crippen molar-refractivity contribution in [1.82, 2.24) is 26.1 Å².